The van der Waals surface area contributed by atoms with Crippen LogP contribution in [0.25, 0.3) is 0 Å². The van der Waals surface area contributed by atoms with Crippen LogP contribution in [0.3, 0.4) is 0 Å². The number of rotatable bonds is 7. The molecule has 0 bridgehead atoms. The monoisotopic (exact) mass is 272 g/mol. The average Bonchev–Trinajstić information content (AvgIpc) is 2.32. The van der Waals surface area contributed by atoms with E-state index >= 15 is 0 Å². The summed E-state index contributed by atoms with van der Waals surface area (Å²) in [4.78, 5) is 15.8. The van der Waals surface area contributed by atoms with Gasteiger partial charge >= 0.3 is 0 Å². The van der Waals surface area contributed by atoms with Crippen molar-refractivity contribution in [3.05, 3.63) is 28.5 Å². The lowest BCUT2D eigenvalue weighted by molar-refractivity contribution is 0.0692. The first-order chi connectivity index (χ1) is 8.63. The van der Waals surface area contributed by atoms with Crippen LogP contribution in [0.2, 0.25) is 5.15 Å². The SMILES string of the molecule is COCCOCCNC(=O)c1cc(C)nc(Cl)c1. The van der Waals surface area contributed by atoms with Crippen LogP contribution in [0.5, 0.6) is 0 Å². The maximum Gasteiger partial charge on any atom is 0.251 e. The molecule has 0 aliphatic rings. The molecular formula is C12H17ClN2O3. The molecule has 0 spiro atoms. The number of carbonyl (C=O) groups excluding carboxylic acids is 1. The minimum atomic E-state index is -0.183. The van der Waals surface area contributed by atoms with Gasteiger partial charge < -0.3 is 14.8 Å². The Hall–Kier alpha value is -1.17. The number of nitrogens with zero attached hydrogens (tertiary/aromatic N) is 1. The van der Waals surface area contributed by atoms with Gasteiger partial charge in [0.25, 0.3) is 5.91 Å². The topological polar surface area (TPSA) is 60.5 Å². The van der Waals surface area contributed by atoms with Crippen molar-refractivity contribution in [3.8, 4) is 0 Å². The van der Waals surface area contributed by atoms with Gasteiger partial charge in [0.15, 0.2) is 0 Å². The Kier molecular flexibility index (Phi) is 6.64. The van der Waals surface area contributed by atoms with E-state index in [0.717, 1.165) is 0 Å². The molecule has 0 saturated heterocycles. The second-order valence-electron chi connectivity index (χ2n) is 3.68. The lowest BCUT2D eigenvalue weighted by Crippen LogP contribution is -2.27. The normalized spacial score (nSPS) is 10.4. The summed E-state index contributed by atoms with van der Waals surface area (Å²) in [6.45, 7) is 3.75. The molecule has 100 valence electrons. The van der Waals surface area contributed by atoms with Gasteiger partial charge in [0.2, 0.25) is 0 Å². The van der Waals surface area contributed by atoms with Gasteiger partial charge in [0.1, 0.15) is 5.15 Å². The third-order valence-electron chi connectivity index (χ3n) is 2.15. The minimum absolute atomic E-state index is 0.183. The van der Waals surface area contributed by atoms with E-state index in [1.54, 1.807) is 20.1 Å². The molecule has 18 heavy (non-hydrogen) atoms. The van der Waals surface area contributed by atoms with Crippen molar-refractivity contribution in [3.63, 3.8) is 0 Å². The predicted molar refractivity (Wildman–Crippen MR) is 69.0 cm³/mol. The Bertz CT molecular complexity index is 379. The standard InChI is InChI=1S/C12H17ClN2O3/c1-9-7-10(8-11(13)15-9)12(16)14-3-4-18-6-5-17-2/h7-8H,3-6H2,1-2H3,(H,14,16). The van der Waals surface area contributed by atoms with Crippen molar-refractivity contribution in [1.82, 2.24) is 10.3 Å². The number of nitrogens with one attached hydrogen (secondary N) is 1. The highest BCUT2D eigenvalue weighted by Gasteiger charge is 2.07. The summed E-state index contributed by atoms with van der Waals surface area (Å²) in [5, 5.41) is 3.06. The zero-order chi connectivity index (χ0) is 13.4. The quantitative estimate of drug-likeness (QED) is 0.603. The summed E-state index contributed by atoms with van der Waals surface area (Å²) in [5.41, 5.74) is 1.22. The number of amides is 1. The van der Waals surface area contributed by atoms with E-state index in [1.165, 1.54) is 6.07 Å². The van der Waals surface area contributed by atoms with Gasteiger partial charge in [0, 0.05) is 24.9 Å². The molecule has 1 amide bonds. The van der Waals surface area contributed by atoms with Gasteiger partial charge in [-0.2, -0.15) is 0 Å². The van der Waals surface area contributed by atoms with Crippen LogP contribution in [0, 0.1) is 6.92 Å². The van der Waals surface area contributed by atoms with E-state index in [0.29, 0.717) is 42.8 Å². The van der Waals surface area contributed by atoms with Crippen LogP contribution in [0.15, 0.2) is 12.1 Å². The first kappa shape index (κ1) is 14.9. The van der Waals surface area contributed by atoms with E-state index in [1.807, 2.05) is 0 Å². The Morgan fingerprint density at radius 1 is 1.39 bits per heavy atom. The Balaban J connectivity index is 2.32. The number of hydrogen-bond donors (Lipinski definition) is 1. The molecular weight excluding hydrogens is 256 g/mol. The smallest absolute Gasteiger partial charge is 0.251 e. The van der Waals surface area contributed by atoms with Gasteiger partial charge in [0.05, 0.1) is 19.8 Å². The number of aryl methyl sites for hydroxylation is 1. The summed E-state index contributed by atoms with van der Waals surface area (Å²) >= 11 is 5.78. The number of aromatic nitrogens is 1. The lowest BCUT2D eigenvalue weighted by atomic mass is 10.2. The van der Waals surface area contributed by atoms with E-state index in [9.17, 15) is 4.79 Å². The molecule has 1 rings (SSSR count). The summed E-state index contributed by atoms with van der Waals surface area (Å²) in [7, 11) is 1.61. The van der Waals surface area contributed by atoms with E-state index in [4.69, 9.17) is 21.1 Å². The second-order valence-corrected chi connectivity index (χ2v) is 4.07. The van der Waals surface area contributed by atoms with Crippen LogP contribution in [0.1, 0.15) is 16.1 Å². The fourth-order valence-corrected chi connectivity index (χ4v) is 1.59. The van der Waals surface area contributed by atoms with Crippen molar-refractivity contribution in [2.45, 2.75) is 6.92 Å². The number of hydrogen-bond acceptors (Lipinski definition) is 4. The largest absolute Gasteiger partial charge is 0.382 e. The fraction of sp³-hybridized carbons (Fsp3) is 0.500. The molecule has 0 aromatic carbocycles. The molecule has 0 atom stereocenters. The number of carbonyl (C=O) groups is 1. The summed E-state index contributed by atoms with van der Waals surface area (Å²) < 4.78 is 10.1. The minimum Gasteiger partial charge on any atom is -0.382 e. The number of halogens is 1. The highest BCUT2D eigenvalue weighted by Crippen LogP contribution is 2.09. The third-order valence-corrected chi connectivity index (χ3v) is 2.34. The summed E-state index contributed by atoms with van der Waals surface area (Å²) in [5.74, 6) is -0.183. The van der Waals surface area contributed by atoms with E-state index in [-0.39, 0.29) is 5.91 Å². The van der Waals surface area contributed by atoms with Crippen molar-refractivity contribution < 1.29 is 14.3 Å². The van der Waals surface area contributed by atoms with Gasteiger partial charge in [-0.05, 0) is 19.1 Å². The fourth-order valence-electron chi connectivity index (χ4n) is 1.34. The maximum atomic E-state index is 11.8. The van der Waals surface area contributed by atoms with Gasteiger partial charge in [-0.1, -0.05) is 11.6 Å². The highest BCUT2D eigenvalue weighted by atomic mass is 35.5. The number of ether oxygens (including phenoxy) is 2. The first-order valence-electron chi connectivity index (χ1n) is 5.62. The lowest BCUT2D eigenvalue weighted by Gasteiger charge is -2.07. The Labute approximate surface area is 111 Å². The van der Waals surface area contributed by atoms with Crippen LogP contribution < -0.4 is 5.32 Å². The molecule has 1 heterocycles. The first-order valence-corrected chi connectivity index (χ1v) is 6.00. The molecule has 1 N–H and O–H groups in total. The Morgan fingerprint density at radius 3 is 2.83 bits per heavy atom. The van der Waals surface area contributed by atoms with Crippen molar-refractivity contribution in [2.75, 3.05) is 33.5 Å². The van der Waals surface area contributed by atoms with Crippen molar-refractivity contribution in [1.29, 1.82) is 0 Å². The molecule has 0 radical (unpaired) electrons. The summed E-state index contributed by atoms with van der Waals surface area (Å²) in [6, 6.07) is 3.22. The van der Waals surface area contributed by atoms with Crippen LogP contribution >= 0.6 is 11.6 Å². The predicted octanol–water partition coefficient (Wildman–Crippen LogP) is 1.44. The molecule has 0 saturated carbocycles. The Morgan fingerprint density at radius 2 is 2.17 bits per heavy atom. The molecule has 1 aromatic heterocycles. The molecule has 6 heteroatoms. The molecule has 1 aromatic rings. The van der Waals surface area contributed by atoms with Crippen LogP contribution in [-0.4, -0.2) is 44.4 Å². The van der Waals surface area contributed by atoms with Gasteiger partial charge in [-0.15, -0.1) is 0 Å². The van der Waals surface area contributed by atoms with E-state index < -0.39 is 0 Å². The number of methoxy groups -OCH3 is 1. The molecule has 5 nitrogen and oxygen atoms in total. The molecule has 0 aliphatic carbocycles. The van der Waals surface area contributed by atoms with Crippen molar-refractivity contribution in [2.24, 2.45) is 0 Å². The van der Waals surface area contributed by atoms with E-state index in [2.05, 4.69) is 10.3 Å². The average molecular weight is 273 g/mol. The molecule has 0 fully saturated rings. The zero-order valence-corrected chi connectivity index (χ0v) is 11.3. The van der Waals surface area contributed by atoms with Gasteiger partial charge in [-0.3, -0.25) is 4.79 Å². The van der Waals surface area contributed by atoms with Crippen LogP contribution in [0.4, 0.5) is 0 Å². The highest BCUT2D eigenvalue weighted by molar-refractivity contribution is 6.29. The second kappa shape index (κ2) is 8.02. The maximum absolute atomic E-state index is 11.8. The van der Waals surface area contributed by atoms with Crippen LogP contribution in [-0.2, 0) is 9.47 Å². The zero-order valence-electron chi connectivity index (χ0n) is 10.5. The molecule has 0 aliphatic heterocycles. The summed E-state index contributed by atoms with van der Waals surface area (Å²) in [6.07, 6.45) is 0. The van der Waals surface area contributed by atoms with Crippen molar-refractivity contribution >= 4 is 17.5 Å². The third kappa shape index (κ3) is 5.44. The molecule has 0 unspecified atom stereocenters. The van der Waals surface area contributed by atoms with Gasteiger partial charge in [-0.25, -0.2) is 4.98 Å². The number of pyridine rings is 1.